The molecular weight excluding hydrogens is 498 g/mol. The second-order valence-corrected chi connectivity index (χ2v) is 9.74. The van der Waals surface area contributed by atoms with Gasteiger partial charge in [0.1, 0.15) is 6.54 Å². The summed E-state index contributed by atoms with van der Waals surface area (Å²) in [5, 5.41) is 3.93. The molecule has 0 aromatic heterocycles. The molecule has 3 rings (SSSR count). The number of benzene rings is 3. The topological polar surface area (TPSA) is 124 Å². The van der Waals surface area contributed by atoms with Crippen molar-refractivity contribution >= 4 is 34.0 Å². The van der Waals surface area contributed by atoms with Gasteiger partial charge in [0.15, 0.2) is 11.5 Å². The van der Waals surface area contributed by atoms with Crippen LogP contribution in [0.4, 0.5) is 10.5 Å². The fourth-order valence-corrected chi connectivity index (χ4v) is 4.83. The van der Waals surface area contributed by atoms with Gasteiger partial charge >= 0.3 is 6.16 Å². The molecule has 1 amide bonds. The van der Waals surface area contributed by atoms with Gasteiger partial charge in [-0.3, -0.25) is 9.10 Å². The number of ether oxygens (including phenoxy) is 3. The van der Waals surface area contributed by atoms with E-state index < -0.39 is 28.6 Å². The van der Waals surface area contributed by atoms with E-state index in [0.29, 0.717) is 16.8 Å². The molecule has 0 aliphatic rings. The number of aryl methyl sites for hydroxylation is 2. The number of rotatable bonds is 9. The van der Waals surface area contributed by atoms with Crippen LogP contribution >= 0.6 is 0 Å². The lowest BCUT2D eigenvalue weighted by molar-refractivity contribution is -0.119. The fourth-order valence-electron chi connectivity index (χ4n) is 3.33. The Bertz CT molecular complexity index is 1410. The number of anilines is 1. The maximum absolute atomic E-state index is 13.5. The summed E-state index contributed by atoms with van der Waals surface area (Å²) in [4.78, 5) is 24.2. The van der Waals surface area contributed by atoms with E-state index in [9.17, 15) is 18.0 Å². The van der Waals surface area contributed by atoms with E-state index in [1.165, 1.54) is 44.7 Å². The SMILES string of the molecule is COC(=O)Oc1ccc(/C=N\NC(=O)CN(c2cc(C)ccc2C)S(=O)(=O)c2ccccc2)cc1OC. The van der Waals surface area contributed by atoms with Gasteiger partial charge in [-0.1, -0.05) is 30.3 Å². The average molecular weight is 526 g/mol. The number of carbonyl (C=O) groups excluding carboxylic acids is 2. The third-order valence-electron chi connectivity index (χ3n) is 5.20. The van der Waals surface area contributed by atoms with E-state index in [-0.39, 0.29) is 16.4 Å². The standard InChI is InChI=1S/C26H27N3O7S/c1-18-10-11-19(2)22(14-18)29(37(32,33)21-8-6-5-7-9-21)17-25(30)28-27-16-20-12-13-23(24(15-20)34-3)36-26(31)35-4/h5-16H,17H2,1-4H3,(H,28,30)/b27-16-. The second-order valence-electron chi connectivity index (χ2n) is 7.87. The van der Waals surface area contributed by atoms with E-state index in [2.05, 4.69) is 15.3 Å². The third-order valence-corrected chi connectivity index (χ3v) is 6.98. The number of nitrogens with zero attached hydrogens (tertiary/aromatic N) is 2. The maximum atomic E-state index is 13.5. The van der Waals surface area contributed by atoms with E-state index >= 15 is 0 Å². The van der Waals surface area contributed by atoms with Gasteiger partial charge in [-0.2, -0.15) is 5.10 Å². The average Bonchev–Trinajstić information content (AvgIpc) is 2.89. The quantitative estimate of drug-likeness (QED) is 0.195. The van der Waals surface area contributed by atoms with Crippen LogP contribution < -0.4 is 19.2 Å². The Morgan fingerprint density at radius 3 is 2.38 bits per heavy atom. The van der Waals surface area contributed by atoms with Crippen LogP contribution in [0.25, 0.3) is 0 Å². The van der Waals surface area contributed by atoms with Crippen LogP contribution in [0.1, 0.15) is 16.7 Å². The van der Waals surface area contributed by atoms with Gasteiger partial charge in [0, 0.05) is 0 Å². The Morgan fingerprint density at radius 1 is 0.973 bits per heavy atom. The van der Waals surface area contributed by atoms with Crippen LogP contribution in [-0.2, 0) is 19.6 Å². The van der Waals surface area contributed by atoms with Crippen molar-refractivity contribution in [2.24, 2.45) is 5.10 Å². The van der Waals surface area contributed by atoms with Crippen LogP contribution in [0.15, 0.2) is 76.7 Å². The maximum Gasteiger partial charge on any atom is 0.513 e. The molecule has 194 valence electrons. The fraction of sp³-hybridized carbons (Fsp3) is 0.192. The lowest BCUT2D eigenvalue weighted by Gasteiger charge is -2.25. The molecule has 0 bridgehead atoms. The second kappa shape index (κ2) is 12.0. The van der Waals surface area contributed by atoms with Crippen molar-refractivity contribution in [3.8, 4) is 11.5 Å². The molecule has 0 atom stereocenters. The first-order valence-corrected chi connectivity index (χ1v) is 12.5. The third kappa shape index (κ3) is 6.85. The highest BCUT2D eigenvalue weighted by atomic mass is 32.2. The predicted octanol–water partition coefficient (Wildman–Crippen LogP) is 3.80. The molecule has 0 fully saturated rings. The van der Waals surface area contributed by atoms with E-state index in [1.807, 2.05) is 13.0 Å². The molecule has 3 aromatic rings. The summed E-state index contributed by atoms with van der Waals surface area (Å²) in [5.41, 5.74) is 4.83. The number of hydrogen-bond acceptors (Lipinski definition) is 8. The highest BCUT2D eigenvalue weighted by Crippen LogP contribution is 2.29. The Morgan fingerprint density at radius 2 is 1.70 bits per heavy atom. The molecule has 10 nitrogen and oxygen atoms in total. The molecule has 0 aliphatic heterocycles. The minimum atomic E-state index is -4.04. The number of sulfonamides is 1. The van der Waals surface area contributed by atoms with Gasteiger partial charge in [-0.25, -0.2) is 18.6 Å². The molecule has 11 heteroatoms. The summed E-state index contributed by atoms with van der Waals surface area (Å²) in [6.45, 7) is 3.13. The lowest BCUT2D eigenvalue weighted by Crippen LogP contribution is -2.40. The minimum Gasteiger partial charge on any atom is -0.493 e. The molecule has 0 unspecified atom stereocenters. The molecule has 3 aromatic carbocycles. The lowest BCUT2D eigenvalue weighted by atomic mass is 10.1. The zero-order valence-corrected chi connectivity index (χ0v) is 21.6. The van der Waals surface area contributed by atoms with Crippen LogP contribution in [-0.4, -0.2) is 47.5 Å². The van der Waals surface area contributed by atoms with Gasteiger partial charge in [0.25, 0.3) is 15.9 Å². The monoisotopic (exact) mass is 525 g/mol. The Balaban J connectivity index is 1.81. The van der Waals surface area contributed by atoms with Crippen molar-refractivity contribution < 1.29 is 32.2 Å². The van der Waals surface area contributed by atoms with Crippen molar-refractivity contribution in [3.05, 3.63) is 83.4 Å². The number of hydrogen-bond donors (Lipinski definition) is 1. The summed E-state index contributed by atoms with van der Waals surface area (Å²) in [7, 11) is -1.45. The van der Waals surface area contributed by atoms with Gasteiger partial charge in [-0.15, -0.1) is 0 Å². The zero-order valence-electron chi connectivity index (χ0n) is 20.8. The van der Waals surface area contributed by atoms with Crippen molar-refractivity contribution in [2.75, 3.05) is 25.1 Å². The first kappa shape index (κ1) is 27.2. The van der Waals surface area contributed by atoms with E-state index in [1.54, 1.807) is 43.3 Å². The van der Waals surface area contributed by atoms with Gasteiger partial charge < -0.3 is 14.2 Å². The van der Waals surface area contributed by atoms with E-state index in [0.717, 1.165) is 9.87 Å². The molecule has 0 saturated carbocycles. The van der Waals surface area contributed by atoms with Gasteiger partial charge in [0.2, 0.25) is 0 Å². The summed E-state index contributed by atoms with van der Waals surface area (Å²) in [6, 6.07) is 17.9. The Labute approximate surface area is 215 Å². The molecule has 0 saturated heterocycles. The normalized spacial score (nSPS) is 11.1. The summed E-state index contributed by atoms with van der Waals surface area (Å²) < 4.78 is 42.7. The highest BCUT2D eigenvalue weighted by Gasteiger charge is 2.28. The van der Waals surface area contributed by atoms with E-state index in [4.69, 9.17) is 9.47 Å². The first-order valence-electron chi connectivity index (χ1n) is 11.1. The van der Waals surface area contributed by atoms with Crippen molar-refractivity contribution in [2.45, 2.75) is 18.7 Å². The van der Waals surface area contributed by atoms with Crippen LogP contribution in [0.2, 0.25) is 0 Å². The summed E-state index contributed by atoms with van der Waals surface area (Å²) in [6.07, 6.45) is 0.446. The zero-order chi connectivity index (χ0) is 27.0. The van der Waals surface area contributed by atoms with Gasteiger partial charge in [-0.05, 0) is 66.9 Å². The number of carbonyl (C=O) groups is 2. The smallest absolute Gasteiger partial charge is 0.493 e. The summed E-state index contributed by atoms with van der Waals surface area (Å²) >= 11 is 0. The molecule has 0 aliphatic carbocycles. The molecule has 37 heavy (non-hydrogen) atoms. The number of nitrogens with one attached hydrogen (secondary N) is 1. The summed E-state index contributed by atoms with van der Waals surface area (Å²) in [5.74, 6) is -0.254. The Hall–Kier alpha value is -4.38. The number of amides is 1. The highest BCUT2D eigenvalue weighted by molar-refractivity contribution is 7.92. The van der Waals surface area contributed by atoms with Crippen LogP contribution in [0.3, 0.4) is 0 Å². The molecule has 0 radical (unpaired) electrons. The van der Waals surface area contributed by atoms with Gasteiger partial charge in [0.05, 0.1) is 31.0 Å². The predicted molar refractivity (Wildman–Crippen MR) is 139 cm³/mol. The molecule has 0 heterocycles. The van der Waals surface area contributed by atoms with Crippen molar-refractivity contribution in [1.82, 2.24) is 5.43 Å². The van der Waals surface area contributed by atoms with Crippen LogP contribution in [0, 0.1) is 13.8 Å². The molecular formula is C26H27N3O7S. The number of methoxy groups -OCH3 is 2. The largest absolute Gasteiger partial charge is 0.513 e. The molecule has 0 spiro atoms. The molecule has 1 N–H and O–H groups in total. The van der Waals surface area contributed by atoms with Crippen molar-refractivity contribution in [1.29, 1.82) is 0 Å². The minimum absolute atomic E-state index is 0.0635. The first-order chi connectivity index (χ1) is 17.6. The Kier molecular flexibility index (Phi) is 8.86. The van der Waals surface area contributed by atoms with Crippen LogP contribution in [0.5, 0.6) is 11.5 Å². The van der Waals surface area contributed by atoms with Crippen molar-refractivity contribution in [3.63, 3.8) is 0 Å². The number of hydrazone groups is 1.